The van der Waals surface area contributed by atoms with Crippen LogP contribution in [-0.4, -0.2) is 5.97 Å². The molecule has 2 rings (SSSR count). The Bertz CT molecular complexity index is 344. The SMILES string of the molecule is [O]C(=O)CC1CCCc2ccccc21. The van der Waals surface area contributed by atoms with Gasteiger partial charge in [0, 0.05) is 0 Å². The lowest BCUT2D eigenvalue weighted by molar-refractivity contribution is -0.143. The van der Waals surface area contributed by atoms with Gasteiger partial charge in [-0.15, -0.1) is 0 Å². The largest absolute Gasteiger partial charge is 0.356 e. The van der Waals surface area contributed by atoms with Gasteiger partial charge in [0.1, 0.15) is 0 Å². The van der Waals surface area contributed by atoms with Gasteiger partial charge in [0.25, 0.3) is 0 Å². The number of fused-ring (bicyclic) bond motifs is 1. The quantitative estimate of drug-likeness (QED) is 0.704. The molecular weight excluding hydrogens is 176 g/mol. The molecule has 0 fully saturated rings. The maximum Gasteiger partial charge on any atom is 0.356 e. The van der Waals surface area contributed by atoms with Crippen LogP contribution in [0.5, 0.6) is 0 Å². The minimum Gasteiger partial charge on any atom is -0.247 e. The summed E-state index contributed by atoms with van der Waals surface area (Å²) in [5.74, 6) is -0.767. The Hall–Kier alpha value is -1.31. The molecule has 0 aliphatic heterocycles. The number of benzene rings is 1. The molecule has 0 saturated carbocycles. The summed E-state index contributed by atoms with van der Waals surface area (Å²) in [6.07, 6.45) is 3.32. The van der Waals surface area contributed by atoms with Crippen molar-refractivity contribution in [2.24, 2.45) is 0 Å². The topological polar surface area (TPSA) is 37.0 Å². The number of carbonyl (C=O) groups is 1. The maximum absolute atomic E-state index is 10.6. The van der Waals surface area contributed by atoms with Crippen LogP contribution < -0.4 is 0 Å². The molecule has 0 aromatic heterocycles. The van der Waals surface area contributed by atoms with Gasteiger partial charge < -0.3 is 0 Å². The molecule has 1 unspecified atom stereocenters. The van der Waals surface area contributed by atoms with E-state index in [-0.39, 0.29) is 12.3 Å². The van der Waals surface area contributed by atoms with Crippen LogP contribution in [0.2, 0.25) is 0 Å². The van der Waals surface area contributed by atoms with E-state index in [4.69, 9.17) is 0 Å². The van der Waals surface area contributed by atoms with Gasteiger partial charge in [0.05, 0.1) is 6.42 Å². The summed E-state index contributed by atoms with van der Waals surface area (Å²) >= 11 is 0. The van der Waals surface area contributed by atoms with Crippen molar-refractivity contribution in [2.45, 2.75) is 31.6 Å². The monoisotopic (exact) mass is 189 g/mol. The molecule has 1 radical (unpaired) electrons. The lowest BCUT2D eigenvalue weighted by Gasteiger charge is -2.23. The van der Waals surface area contributed by atoms with Gasteiger partial charge in [0.2, 0.25) is 0 Å². The van der Waals surface area contributed by atoms with E-state index < -0.39 is 5.97 Å². The molecular formula is C12H13O2. The van der Waals surface area contributed by atoms with Gasteiger partial charge >= 0.3 is 5.97 Å². The van der Waals surface area contributed by atoms with Crippen LogP contribution in [0, 0.1) is 0 Å². The summed E-state index contributed by atoms with van der Waals surface area (Å²) in [6.45, 7) is 0. The Kier molecular flexibility index (Phi) is 2.53. The summed E-state index contributed by atoms with van der Waals surface area (Å²) in [4.78, 5) is 10.6. The molecule has 0 spiro atoms. The zero-order chi connectivity index (χ0) is 9.97. The lowest BCUT2D eigenvalue weighted by atomic mass is 9.81. The van der Waals surface area contributed by atoms with Crippen molar-refractivity contribution in [1.82, 2.24) is 0 Å². The van der Waals surface area contributed by atoms with Crippen molar-refractivity contribution in [3.63, 3.8) is 0 Å². The van der Waals surface area contributed by atoms with Crippen LogP contribution >= 0.6 is 0 Å². The van der Waals surface area contributed by atoms with Crippen molar-refractivity contribution in [1.29, 1.82) is 0 Å². The number of aryl methyl sites for hydroxylation is 1. The van der Waals surface area contributed by atoms with E-state index >= 15 is 0 Å². The van der Waals surface area contributed by atoms with Crippen molar-refractivity contribution in [2.75, 3.05) is 0 Å². The molecule has 1 aromatic rings. The van der Waals surface area contributed by atoms with E-state index in [2.05, 4.69) is 6.07 Å². The Balaban J connectivity index is 2.26. The molecule has 1 aromatic carbocycles. The predicted octanol–water partition coefficient (Wildman–Crippen LogP) is 2.45. The van der Waals surface area contributed by atoms with Gasteiger partial charge in [0.15, 0.2) is 0 Å². The third kappa shape index (κ3) is 1.79. The first-order valence-corrected chi connectivity index (χ1v) is 5.05. The second kappa shape index (κ2) is 3.82. The summed E-state index contributed by atoms with van der Waals surface area (Å²) in [6, 6.07) is 8.13. The van der Waals surface area contributed by atoms with Crippen LogP contribution in [0.3, 0.4) is 0 Å². The maximum atomic E-state index is 10.6. The van der Waals surface area contributed by atoms with Gasteiger partial charge in [-0.1, -0.05) is 24.3 Å². The molecule has 2 nitrogen and oxygen atoms in total. The molecule has 0 heterocycles. The lowest BCUT2D eigenvalue weighted by Crippen LogP contribution is -2.12. The Morgan fingerprint density at radius 2 is 2.14 bits per heavy atom. The molecule has 73 valence electrons. The van der Waals surface area contributed by atoms with Crippen LogP contribution in [0.15, 0.2) is 24.3 Å². The molecule has 2 heteroatoms. The molecule has 1 aliphatic carbocycles. The third-order valence-electron chi connectivity index (χ3n) is 2.91. The highest BCUT2D eigenvalue weighted by Crippen LogP contribution is 2.33. The summed E-state index contributed by atoms with van der Waals surface area (Å²) in [5, 5.41) is 10.6. The number of rotatable bonds is 2. The van der Waals surface area contributed by atoms with Crippen molar-refractivity contribution in [3.05, 3.63) is 35.4 Å². The Morgan fingerprint density at radius 1 is 1.36 bits per heavy atom. The first-order valence-electron chi connectivity index (χ1n) is 5.05. The van der Waals surface area contributed by atoms with E-state index in [9.17, 15) is 9.90 Å². The van der Waals surface area contributed by atoms with Crippen LogP contribution in [0.1, 0.15) is 36.3 Å². The van der Waals surface area contributed by atoms with E-state index in [0.717, 1.165) is 19.3 Å². The average Bonchev–Trinajstić information content (AvgIpc) is 2.18. The van der Waals surface area contributed by atoms with Crippen LogP contribution in [0.4, 0.5) is 0 Å². The Morgan fingerprint density at radius 3 is 2.93 bits per heavy atom. The normalized spacial score (nSPS) is 20.1. The molecule has 0 bridgehead atoms. The molecule has 0 saturated heterocycles. The average molecular weight is 189 g/mol. The second-order valence-electron chi connectivity index (χ2n) is 3.86. The zero-order valence-corrected chi connectivity index (χ0v) is 8.03. The first kappa shape index (κ1) is 9.25. The predicted molar refractivity (Wildman–Crippen MR) is 52.4 cm³/mol. The van der Waals surface area contributed by atoms with Gasteiger partial charge in [-0.2, -0.15) is 0 Å². The Labute approximate surface area is 83.6 Å². The van der Waals surface area contributed by atoms with Crippen LogP contribution in [0.25, 0.3) is 0 Å². The summed E-state index contributed by atoms with van der Waals surface area (Å²) in [7, 11) is 0. The molecule has 1 aliphatic rings. The molecule has 0 amide bonds. The molecule has 1 atom stereocenters. The van der Waals surface area contributed by atoms with E-state index in [1.54, 1.807) is 0 Å². The third-order valence-corrected chi connectivity index (χ3v) is 2.91. The molecule has 0 N–H and O–H groups in total. The zero-order valence-electron chi connectivity index (χ0n) is 8.03. The smallest absolute Gasteiger partial charge is 0.247 e. The van der Waals surface area contributed by atoms with Crippen LogP contribution in [-0.2, 0) is 16.3 Å². The van der Waals surface area contributed by atoms with Gasteiger partial charge in [-0.3, -0.25) is 0 Å². The summed E-state index contributed by atoms with van der Waals surface area (Å²) < 4.78 is 0. The summed E-state index contributed by atoms with van der Waals surface area (Å²) in [5.41, 5.74) is 2.52. The fourth-order valence-corrected chi connectivity index (χ4v) is 2.27. The highest BCUT2D eigenvalue weighted by Gasteiger charge is 2.22. The minimum atomic E-state index is -0.938. The van der Waals surface area contributed by atoms with Gasteiger partial charge in [-0.05, 0) is 36.3 Å². The number of hydrogen-bond acceptors (Lipinski definition) is 1. The van der Waals surface area contributed by atoms with Crippen molar-refractivity contribution in [3.8, 4) is 0 Å². The number of carbonyl (C=O) groups excluding carboxylic acids is 1. The van der Waals surface area contributed by atoms with E-state index in [1.165, 1.54) is 11.1 Å². The standard InChI is InChI=1S/C12H13O2/c13-12(14)8-10-6-3-5-9-4-1-2-7-11(9)10/h1-2,4,7,10H,3,5-6,8H2. The number of hydrogen-bond donors (Lipinski definition) is 0. The fourth-order valence-electron chi connectivity index (χ4n) is 2.27. The molecule has 14 heavy (non-hydrogen) atoms. The van der Waals surface area contributed by atoms with Crippen molar-refractivity contribution < 1.29 is 9.90 Å². The highest BCUT2D eigenvalue weighted by molar-refractivity contribution is 5.67. The van der Waals surface area contributed by atoms with Crippen molar-refractivity contribution >= 4 is 5.97 Å². The van der Waals surface area contributed by atoms with E-state index in [1.807, 2.05) is 18.2 Å². The first-order chi connectivity index (χ1) is 6.77. The minimum absolute atomic E-state index is 0.164. The van der Waals surface area contributed by atoms with E-state index in [0.29, 0.717) is 0 Å². The second-order valence-corrected chi connectivity index (χ2v) is 3.86. The highest BCUT2D eigenvalue weighted by atomic mass is 16.4. The fraction of sp³-hybridized carbons (Fsp3) is 0.417. The van der Waals surface area contributed by atoms with Gasteiger partial charge in [-0.25, -0.2) is 9.90 Å².